The van der Waals surface area contributed by atoms with Crippen LogP contribution >= 0.6 is 0 Å². The molecule has 0 bridgehead atoms. The smallest absolute Gasteiger partial charge is 0.0722 e. The minimum Gasteiger partial charge on any atom is -0.380 e. The van der Waals surface area contributed by atoms with Crippen molar-refractivity contribution in [2.45, 2.75) is 13.2 Å². The first-order valence-electron chi connectivity index (χ1n) is 8.08. The molecule has 0 saturated heterocycles. The van der Waals surface area contributed by atoms with Crippen LogP contribution in [0.5, 0.6) is 0 Å². The van der Waals surface area contributed by atoms with E-state index >= 15 is 0 Å². The molecule has 0 radical (unpaired) electrons. The highest BCUT2D eigenvalue weighted by Gasteiger charge is 2.13. The van der Waals surface area contributed by atoms with Gasteiger partial charge in [0.15, 0.2) is 0 Å². The normalized spacial score (nSPS) is 10.8. The maximum Gasteiger partial charge on any atom is 0.0722 e. The number of rotatable bonds is 6. The summed E-state index contributed by atoms with van der Waals surface area (Å²) in [4.78, 5) is 0. The minimum absolute atomic E-state index is 0.567. The van der Waals surface area contributed by atoms with Crippen LogP contribution in [-0.4, -0.2) is 14.2 Å². The van der Waals surface area contributed by atoms with Gasteiger partial charge in [-0.25, -0.2) is 0 Å². The first-order chi connectivity index (χ1) is 11.8. The van der Waals surface area contributed by atoms with Gasteiger partial charge >= 0.3 is 0 Å². The van der Waals surface area contributed by atoms with E-state index in [1.54, 1.807) is 14.2 Å². The molecule has 2 nitrogen and oxygen atoms in total. The number of methoxy groups -OCH3 is 2. The highest BCUT2D eigenvalue weighted by molar-refractivity contribution is 5.85. The Morgan fingerprint density at radius 3 is 1.92 bits per heavy atom. The van der Waals surface area contributed by atoms with Crippen molar-refractivity contribution >= 4 is 0 Å². The molecule has 0 fully saturated rings. The van der Waals surface area contributed by atoms with Gasteiger partial charge in [0.1, 0.15) is 0 Å². The Balaban J connectivity index is 2.18. The number of hydrogen-bond donors (Lipinski definition) is 0. The molecule has 3 rings (SSSR count). The van der Waals surface area contributed by atoms with E-state index < -0.39 is 0 Å². The lowest BCUT2D eigenvalue weighted by Gasteiger charge is -2.17. The second-order valence-electron chi connectivity index (χ2n) is 5.72. The molecule has 0 spiro atoms. The van der Waals surface area contributed by atoms with Crippen molar-refractivity contribution in [1.29, 1.82) is 0 Å². The Bertz CT molecular complexity index is 794. The van der Waals surface area contributed by atoms with Gasteiger partial charge in [-0.1, -0.05) is 72.8 Å². The molecule has 0 heterocycles. The van der Waals surface area contributed by atoms with E-state index in [-0.39, 0.29) is 0 Å². The fourth-order valence-corrected chi connectivity index (χ4v) is 3.08. The van der Waals surface area contributed by atoms with Crippen LogP contribution < -0.4 is 0 Å². The Labute approximate surface area is 143 Å². The maximum atomic E-state index is 5.47. The maximum absolute atomic E-state index is 5.47. The van der Waals surface area contributed by atoms with Crippen molar-refractivity contribution < 1.29 is 9.47 Å². The molecule has 3 aromatic rings. The molecular weight excluding hydrogens is 296 g/mol. The van der Waals surface area contributed by atoms with Gasteiger partial charge in [0.05, 0.1) is 13.2 Å². The third kappa shape index (κ3) is 3.40. The van der Waals surface area contributed by atoms with Crippen molar-refractivity contribution in [3.05, 3.63) is 83.9 Å². The van der Waals surface area contributed by atoms with Crippen LogP contribution in [0.15, 0.2) is 72.8 Å². The molecule has 0 saturated carbocycles. The van der Waals surface area contributed by atoms with Crippen LogP contribution in [0.1, 0.15) is 11.1 Å². The van der Waals surface area contributed by atoms with Gasteiger partial charge < -0.3 is 9.47 Å². The van der Waals surface area contributed by atoms with Gasteiger partial charge in [0, 0.05) is 14.2 Å². The lowest BCUT2D eigenvalue weighted by atomic mass is 9.90. The first-order valence-corrected chi connectivity index (χ1v) is 8.08. The summed E-state index contributed by atoms with van der Waals surface area (Å²) in [6.45, 7) is 1.15. The second kappa shape index (κ2) is 7.91. The molecule has 3 aromatic carbocycles. The molecule has 0 aromatic heterocycles. The molecule has 0 amide bonds. The Kier molecular flexibility index (Phi) is 5.42. The lowest BCUT2D eigenvalue weighted by molar-refractivity contribution is 0.168. The molecule has 24 heavy (non-hydrogen) atoms. The third-order valence-corrected chi connectivity index (χ3v) is 4.16. The standard InChI is InChI=1S/C22H22O2/c1-23-15-18-11-8-14-21(22(18)16-24-2)20-13-7-6-12-19(20)17-9-4-3-5-10-17/h3-14H,15-16H2,1-2H3. The summed E-state index contributed by atoms with van der Waals surface area (Å²) >= 11 is 0. The zero-order valence-electron chi connectivity index (χ0n) is 14.2. The monoisotopic (exact) mass is 318 g/mol. The molecule has 0 N–H and O–H groups in total. The van der Waals surface area contributed by atoms with Crippen LogP contribution in [0.4, 0.5) is 0 Å². The van der Waals surface area contributed by atoms with Gasteiger partial charge in [-0.3, -0.25) is 0 Å². The molecule has 0 unspecified atom stereocenters. The van der Waals surface area contributed by atoms with Crippen LogP contribution in [0.25, 0.3) is 22.3 Å². The molecule has 0 atom stereocenters. The fraction of sp³-hybridized carbons (Fsp3) is 0.182. The highest BCUT2D eigenvalue weighted by Crippen LogP contribution is 2.35. The SMILES string of the molecule is COCc1cccc(-c2ccccc2-c2ccccc2)c1COC. The Morgan fingerprint density at radius 2 is 1.21 bits per heavy atom. The molecule has 2 heteroatoms. The lowest BCUT2D eigenvalue weighted by Crippen LogP contribution is -2.01. The van der Waals surface area contributed by atoms with Gasteiger partial charge in [0.25, 0.3) is 0 Å². The fourth-order valence-electron chi connectivity index (χ4n) is 3.08. The molecular formula is C22H22O2. The Hall–Kier alpha value is -2.42. The molecule has 0 aliphatic heterocycles. The van der Waals surface area contributed by atoms with E-state index in [1.807, 2.05) is 6.07 Å². The Morgan fingerprint density at radius 1 is 0.583 bits per heavy atom. The van der Waals surface area contributed by atoms with Gasteiger partial charge in [-0.15, -0.1) is 0 Å². The van der Waals surface area contributed by atoms with Crippen molar-refractivity contribution in [3.63, 3.8) is 0 Å². The van der Waals surface area contributed by atoms with Crippen LogP contribution in [-0.2, 0) is 22.7 Å². The van der Waals surface area contributed by atoms with Crippen LogP contribution in [0, 0.1) is 0 Å². The average molecular weight is 318 g/mol. The second-order valence-corrected chi connectivity index (χ2v) is 5.72. The third-order valence-electron chi connectivity index (χ3n) is 4.16. The number of ether oxygens (including phenoxy) is 2. The van der Waals surface area contributed by atoms with E-state index in [2.05, 4.69) is 66.7 Å². The van der Waals surface area contributed by atoms with E-state index in [0.717, 1.165) is 0 Å². The van der Waals surface area contributed by atoms with Crippen LogP contribution in [0.2, 0.25) is 0 Å². The zero-order valence-corrected chi connectivity index (χ0v) is 14.2. The van der Waals surface area contributed by atoms with Crippen molar-refractivity contribution in [1.82, 2.24) is 0 Å². The van der Waals surface area contributed by atoms with E-state index in [0.29, 0.717) is 13.2 Å². The predicted molar refractivity (Wildman–Crippen MR) is 98.7 cm³/mol. The van der Waals surface area contributed by atoms with Gasteiger partial charge in [-0.05, 0) is 33.4 Å². The summed E-state index contributed by atoms with van der Waals surface area (Å²) in [5.74, 6) is 0. The summed E-state index contributed by atoms with van der Waals surface area (Å²) in [5, 5.41) is 0. The van der Waals surface area contributed by atoms with Crippen molar-refractivity contribution in [3.8, 4) is 22.3 Å². The van der Waals surface area contributed by atoms with Crippen molar-refractivity contribution in [2.75, 3.05) is 14.2 Å². The van der Waals surface area contributed by atoms with E-state index in [9.17, 15) is 0 Å². The largest absolute Gasteiger partial charge is 0.380 e. The summed E-state index contributed by atoms with van der Waals surface area (Å²) < 4.78 is 10.8. The number of hydrogen-bond acceptors (Lipinski definition) is 2. The van der Waals surface area contributed by atoms with Gasteiger partial charge in [-0.2, -0.15) is 0 Å². The van der Waals surface area contributed by atoms with Gasteiger partial charge in [0.2, 0.25) is 0 Å². The summed E-state index contributed by atoms with van der Waals surface area (Å²) in [5.41, 5.74) is 7.21. The van der Waals surface area contributed by atoms with E-state index in [1.165, 1.54) is 33.4 Å². The topological polar surface area (TPSA) is 18.5 Å². The minimum atomic E-state index is 0.567. The average Bonchev–Trinajstić information content (AvgIpc) is 2.64. The number of benzene rings is 3. The zero-order chi connectivity index (χ0) is 16.8. The quantitative estimate of drug-likeness (QED) is 0.613. The van der Waals surface area contributed by atoms with E-state index in [4.69, 9.17) is 9.47 Å². The summed E-state index contributed by atoms with van der Waals surface area (Å²) in [6, 6.07) is 25.3. The summed E-state index contributed by atoms with van der Waals surface area (Å²) in [7, 11) is 3.46. The first kappa shape index (κ1) is 16.4. The van der Waals surface area contributed by atoms with Crippen LogP contribution in [0.3, 0.4) is 0 Å². The molecule has 122 valence electrons. The highest BCUT2D eigenvalue weighted by atomic mass is 16.5. The van der Waals surface area contributed by atoms with Crippen molar-refractivity contribution in [2.24, 2.45) is 0 Å². The molecule has 0 aliphatic rings. The molecule has 0 aliphatic carbocycles. The predicted octanol–water partition coefficient (Wildman–Crippen LogP) is 5.31. The summed E-state index contributed by atoms with van der Waals surface area (Å²) in [6.07, 6.45) is 0.